The summed E-state index contributed by atoms with van der Waals surface area (Å²) in [7, 11) is 0. The molecule has 1 spiro atoms. The molecule has 0 aromatic heterocycles. The molecular formula is C16H18N2O4. The Morgan fingerprint density at radius 3 is 2.77 bits per heavy atom. The molecule has 0 saturated carbocycles. The molecule has 2 fully saturated rings. The van der Waals surface area contributed by atoms with Crippen molar-refractivity contribution in [2.24, 2.45) is 0 Å². The Morgan fingerprint density at radius 1 is 1.36 bits per heavy atom. The van der Waals surface area contributed by atoms with Gasteiger partial charge in [-0.15, -0.1) is 0 Å². The first kappa shape index (κ1) is 14.8. The second-order valence-corrected chi connectivity index (χ2v) is 5.50. The fourth-order valence-corrected chi connectivity index (χ4v) is 2.93. The van der Waals surface area contributed by atoms with Gasteiger partial charge in [0, 0.05) is 6.42 Å². The minimum atomic E-state index is -0.757. The zero-order chi connectivity index (χ0) is 15.4. The molecule has 3 rings (SSSR count). The maximum Gasteiger partial charge on any atom is 0.410 e. The predicted molar refractivity (Wildman–Crippen MR) is 76.6 cm³/mol. The topological polar surface area (TPSA) is 71.8 Å². The van der Waals surface area contributed by atoms with Gasteiger partial charge in [-0.25, -0.2) is 4.79 Å². The molecule has 1 aromatic carbocycles. The third kappa shape index (κ3) is 3.06. The number of hydrogen-bond acceptors (Lipinski definition) is 5. The molecule has 1 aromatic rings. The number of nitrogens with zero attached hydrogens (tertiary/aromatic N) is 2. The Balaban J connectivity index is 1.63. The lowest BCUT2D eigenvalue weighted by atomic mass is 10.1. The van der Waals surface area contributed by atoms with Crippen molar-refractivity contribution in [3.8, 4) is 6.07 Å². The fourth-order valence-electron chi connectivity index (χ4n) is 2.93. The van der Waals surface area contributed by atoms with Crippen LogP contribution in [0.4, 0.5) is 4.79 Å². The van der Waals surface area contributed by atoms with Crippen LogP contribution in [0.5, 0.6) is 0 Å². The lowest BCUT2D eigenvalue weighted by molar-refractivity contribution is -0.144. The van der Waals surface area contributed by atoms with Crippen molar-refractivity contribution in [3.63, 3.8) is 0 Å². The molecule has 6 nitrogen and oxygen atoms in total. The van der Waals surface area contributed by atoms with Crippen molar-refractivity contribution in [3.05, 3.63) is 35.9 Å². The van der Waals surface area contributed by atoms with Gasteiger partial charge in [-0.05, 0) is 5.56 Å². The highest BCUT2D eigenvalue weighted by atomic mass is 16.7. The molecule has 22 heavy (non-hydrogen) atoms. The number of rotatable bonds is 3. The largest absolute Gasteiger partial charge is 0.445 e. The van der Waals surface area contributed by atoms with Gasteiger partial charge in [0.05, 0.1) is 38.3 Å². The van der Waals surface area contributed by atoms with E-state index in [0.717, 1.165) is 5.56 Å². The van der Waals surface area contributed by atoms with Crippen molar-refractivity contribution >= 4 is 6.09 Å². The van der Waals surface area contributed by atoms with E-state index in [1.165, 1.54) is 0 Å². The zero-order valence-corrected chi connectivity index (χ0v) is 12.2. The van der Waals surface area contributed by atoms with Crippen LogP contribution in [0.15, 0.2) is 30.3 Å². The van der Waals surface area contributed by atoms with E-state index < -0.39 is 11.9 Å². The summed E-state index contributed by atoms with van der Waals surface area (Å²) in [6.07, 6.45) is 0.329. The third-order valence-electron chi connectivity index (χ3n) is 3.98. The van der Waals surface area contributed by atoms with E-state index >= 15 is 0 Å². The van der Waals surface area contributed by atoms with Gasteiger partial charge in [0.25, 0.3) is 0 Å². The lowest BCUT2D eigenvalue weighted by Gasteiger charge is -2.23. The Bertz CT molecular complexity index is 563. The van der Waals surface area contributed by atoms with Gasteiger partial charge in [0.1, 0.15) is 6.61 Å². The van der Waals surface area contributed by atoms with Gasteiger partial charge in [0.2, 0.25) is 0 Å². The van der Waals surface area contributed by atoms with Crippen LogP contribution >= 0.6 is 0 Å². The summed E-state index contributed by atoms with van der Waals surface area (Å²) < 4.78 is 16.6. The number of likely N-dealkylation sites (tertiary alicyclic amines) is 1. The van der Waals surface area contributed by atoms with Crippen LogP contribution in [-0.4, -0.2) is 42.6 Å². The summed E-state index contributed by atoms with van der Waals surface area (Å²) in [5.41, 5.74) is 0.926. The normalized spacial score (nSPS) is 22.7. The molecule has 1 atom stereocenters. The number of carbonyl (C=O) groups is 1. The third-order valence-corrected chi connectivity index (χ3v) is 3.98. The van der Waals surface area contributed by atoms with E-state index in [4.69, 9.17) is 19.5 Å². The highest BCUT2D eigenvalue weighted by Gasteiger charge is 2.50. The lowest BCUT2D eigenvalue weighted by Crippen LogP contribution is -2.39. The molecular weight excluding hydrogens is 284 g/mol. The van der Waals surface area contributed by atoms with E-state index in [2.05, 4.69) is 6.07 Å². The Kier molecular flexibility index (Phi) is 4.27. The molecule has 0 radical (unpaired) electrons. The second kappa shape index (κ2) is 6.34. The highest BCUT2D eigenvalue weighted by Crippen LogP contribution is 2.36. The summed E-state index contributed by atoms with van der Waals surface area (Å²) in [4.78, 5) is 13.9. The first-order valence-corrected chi connectivity index (χ1v) is 7.35. The Labute approximate surface area is 129 Å². The van der Waals surface area contributed by atoms with E-state index in [1.54, 1.807) is 4.90 Å². The van der Waals surface area contributed by atoms with E-state index in [1.807, 2.05) is 30.3 Å². The number of amides is 1. The first-order valence-electron chi connectivity index (χ1n) is 7.35. The first-order chi connectivity index (χ1) is 10.7. The van der Waals surface area contributed by atoms with Gasteiger partial charge < -0.3 is 14.2 Å². The van der Waals surface area contributed by atoms with Crippen LogP contribution in [0, 0.1) is 11.3 Å². The van der Waals surface area contributed by atoms with Crippen LogP contribution in [0.25, 0.3) is 0 Å². The van der Waals surface area contributed by atoms with Crippen LogP contribution in [0.1, 0.15) is 18.4 Å². The van der Waals surface area contributed by atoms with Crippen LogP contribution < -0.4 is 0 Å². The monoisotopic (exact) mass is 302 g/mol. The number of ether oxygens (including phenoxy) is 3. The minimum Gasteiger partial charge on any atom is -0.445 e. The van der Waals surface area contributed by atoms with Crippen LogP contribution in [0.2, 0.25) is 0 Å². The maximum absolute atomic E-state index is 12.3. The fraction of sp³-hybridized carbons (Fsp3) is 0.500. The Morgan fingerprint density at radius 2 is 2.09 bits per heavy atom. The predicted octanol–water partition coefficient (Wildman–Crippen LogP) is 2.05. The van der Waals surface area contributed by atoms with Crippen LogP contribution in [0.3, 0.4) is 0 Å². The smallest absolute Gasteiger partial charge is 0.410 e. The SMILES string of the molecule is N#CCC1CC2(CN1C(=O)OCc1ccccc1)OCCO2. The van der Waals surface area contributed by atoms with Gasteiger partial charge in [0.15, 0.2) is 5.79 Å². The molecule has 2 aliphatic heterocycles. The number of benzene rings is 1. The molecule has 2 heterocycles. The van der Waals surface area contributed by atoms with Crippen molar-refractivity contribution in [1.82, 2.24) is 4.90 Å². The summed E-state index contributed by atoms with van der Waals surface area (Å²) in [6.45, 7) is 1.56. The van der Waals surface area contributed by atoms with E-state index in [-0.39, 0.29) is 19.1 Å². The molecule has 2 aliphatic rings. The molecule has 0 N–H and O–H groups in total. The van der Waals surface area contributed by atoms with Crippen molar-refractivity contribution in [2.75, 3.05) is 19.8 Å². The van der Waals surface area contributed by atoms with Gasteiger partial charge in [-0.2, -0.15) is 5.26 Å². The van der Waals surface area contributed by atoms with Crippen molar-refractivity contribution in [2.45, 2.75) is 31.3 Å². The number of nitriles is 1. The standard InChI is InChI=1S/C16H18N2O4/c17-7-6-14-10-16(21-8-9-22-16)12-18(14)15(19)20-11-13-4-2-1-3-5-13/h1-5,14H,6,8-12H2. The summed E-state index contributed by atoms with van der Waals surface area (Å²) >= 11 is 0. The highest BCUT2D eigenvalue weighted by molar-refractivity contribution is 5.68. The molecule has 1 unspecified atom stereocenters. The quantitative estimate of drug-likeness (QED) is 0.854. The average molecular weight is 302 g/mol. The van der Waals surface area contributed by atoms with E-state index in [0.29, 0.717) is 26.2 Å². The zero-order valence-electron chi connectivity index (χ0n) is 12.2. The molecule has 116 valence electrons. The average Bonchev–Trinajstić information content (AvgIpc) is 3.14. The van der Waals surface area contributed by atoms with E-state index in [9.17, 15) is 4.79 Å². The van der Waals surface area contributed by atoms with Crippen molar-refractivity contribution in [1.29, 1.82) is 5.26 Å². The molecule has 1 amide bonds. The van der Waals surface area contributed by atoms with Crippen molar-refractivity contribution < 1.29 is 19.0 Å². The minimum absolute atomic E-state index is 0.212. The van der Waals surface area contributed by atoms with Gasteiger partial charge in [-0.1, -0.05) is 30.3 Å². The molecule has 0 aliphatic carbocycles. The molecule has 0 bridgehead atoms. The molecule has 6 heteroatoms. The number of hydrogen-bond donors (Lipinski definition) is 0. The summed E-state index contributed by atoms with van der Waals surface area (Å²) in [5.74, 6) is -0.757. The maximum atomic E-state index is 12.3. The summed E-state index contributed by atoms with van der Waals surface area (Å²) in [5, 5.41) is 8.95. The van der Waals surface area contributed by atoms with Gasteiger partial charge >= 0.3 is 6.09 Å². The van der Waals surface area contributed by atoms with Crippen LogP contribution in [-0.2, 0) is 20.8 Å². The number of carbonyl (C=O) groups excluding carboxylic acids is 1. The van der Waals surface area contributed by atoms with Gasteiger partial charge in [-0.3, -0.25) is 4.90 Å². The second-order valence-electron chi connectivity index (χ2n) is 5.50. The Hall–Kier alpha value is -2.10. The summed E-state index contributed by atoms with van der Waals surface area (Å²) in [6, 6.07) is 11.4. The molecule has 2 saturated heterocycles.